The van der Waals surface area contributed by atoms with Gasteiger partial charge in [-0.25, -0.2) is 8.42 Å². The summed E-state index contributed by atoms with van der Waals surface area (Å²) in [6.45, 7) is 1.99. The Kier molecular flexibility index (Phi) is 4.15. The number of nitrogens with zero attached hydrogens (tertiary/aromatic N) is 1. The van der Waals surface area contributed by atoms with E-state index in [0.29, 0.717) is 11.5 Å². The Morgan fingerprint density at radius 1 is 1.20 bits per heavy atom. The third kappa shape index (κ3) is 2.86. The standard InChI is InChI=1S/C14H17NO4S/c1-11-8-9-12(19-11)10-15(2)20(16,17)14-7-5-4-6-13(14)18-3/h4-9H,10H2,1-3H3. The molecule has 108 valence electrons. The van der Waals surface area contributed by atoms with E-state index in [9.17, 15) is 8.42 Å². The number of sulfonamides is 1. The highest BCUT2D eigenvalue weighted by Crippen LogP contribution is 2.26. The van der Waals surface area contributed by atoms with E-state index in [-0.39, 0.29) is 11.4 Å². The molecule has 0 atom stereocenters. The van der Waals surface area contributed by atoms with Crippen LogP contribution in [0, 0.1) is 6.92 Å². The van der Waals surface area contributed by atoms with Crippen molar-refractivity contribution < 1.29 is 17.6 Å². The highest BCUT2D eigenvalue weighted by Gasteiger charge is 2.25. The molecular weight excluding hydrogens is 278 g/mol. The minimum absolute atomic E-state index is 0.147. The Labute approximate surface area is 118 Å². The molecule has 0 spiro atoms. The number of rotatable bonds is 5. The first kappa shape index (κ1) is 14.6. The number of ether oxygens (including phenoxy) is 1. The minimum atomic E-state index is -3.62. The lowest BCUT2D eigenvalue weighted by molar-refractivity contribution is 0.385. The molecule has 0 saturated heterocycles. The van der Waals surface area contributed by atoms with Gasteiger partial charge in [-0.15, -0.1) is 0 Å². The molecule has 2 rings (SSSR count). The summed E-state index contributed by atoms with van der Waals surface area (Å²) in [5.41, 5.74) is 0. The molecule has 1 aromatic heterocycles. The van der Waals surface area contributed by atoms with E-state index in [1.165, 1.54) is 24.5 Å². The molecule has 0 N–H and O–H groups in total. The third-order valence-electron chi connectivity index (χ3n) is 2.93. The van der Waals surface area contributed by atoms with Gasteiger partial charge in [-0.3, -0.25) is 0 Å². The van der Waals surface area contributed by atoms with Gasteiger partial charge in [0, 0.05) is 7.05 Å². The molecule has 1 aromatic carbocycles. The second-order valence-corrected chi connectivity index (χ2v) is 6.44. The summed E-state index contributed by atoms with van der Waals surface area (Å²) >= 11 is 0. The van der Waals surface area contributed by atoms with Gasteiger partial charge in [0.2, 0.25) is 10.0 Å². The number of hydrogen-bond acceptors (Lipinski definition) is 4. The second-order valence-electron chi connectivity index (χ2n) is 4.42. The summed E-state index contributed by atoms with van der Waals surface area (Å²) in [4.78, 5) is 0.147. The van der Waals surface area contributed by atoms with Crippen LogP contribution in [0.2, 0.25) is 0 Å². The van der Waals surface area contributed by atoms with Gasteiger partial charge in [-0.2, -0.15) is 4.31 Å². The van der Waals surface area contributed by atoms with Crippen LogP contribution >= 0.6 is 0 Å². The number of furan rings is 1. The molecule has 0 radical (unpaired) electrons. The highest BCUT2D eigenvalue weighted by molar-refractivity contribution is 7.89. The first-order valence-corrected chi connectivity index (χ1v) is 7.54. The molecule has 0 aliphatic heterocycles. The summed E-state index contributed by atoms with van der Waals surface area (Å²) in [6.07, 6.45) is 0. The maximum absolute atomic E-state index is 12.5. The van der Waals surface area contributed by atoms with Crippen LogP contribution in [0.1, 0.15) is 11.5 Å². The van der Waals surface area contributed by atoms with E-state index in [4.69, 9.17) is 9.15 Å². The van der Waals surface area contributed by atoms with Gasteiger partial charge in [0.25, 0.3) is 0 Å². The van der Waals surface area contributed by atoms with Crippen LogP contribution in [-0.4, -0.2) is 26.9 Å². The molecule has 20 heavy (non-hydrogen) atoms. The zero-order valence-corrected chi connectivity index (χ0v) is 12.5. The van der Waals surface area contributed by atoms with Gasteiger partial charge < -0.3 is 9.15 Å². The Morgan fingerprint density at radius 2 is 1.90 bits per heavy atom. The molecule has 0 aliphatic rings. The predicted octanol–water partition coefficient (Wildman–Crippen LogP) is 2.42. The Balaban J connectivity index is 2.29. The van der Waals surface area contributed by atoms with Crippen molar-refractivity contribution in [1.29, 1.82) is 0 Å². The summed E-state index contributed by atoms with van der Waals surface area (Å²) in [5.74, 6) is 1.68. The van der Waals surface area contributed by atoms with E-state index in [1.807, 2.05) is 6.92 Å². The maximum Gasteiger partial charge on any atom is 0.246 e. The van der Waals surface area contributed by atoms with Crippen LogP contribution in [0.15, 0.2) is 45.7 Å². The molecule has 0 unspecified atom stereocenters. The number of hydrogen-bond donors (Lipinski definition) is 0. The monoisotopic (exact) mass is 295 g/mol. The van der Waals surface area contributed by atoms with Crippen molar-refractivity contribution in [2.75, 3.05) is 14.2 Å². The van der Waals surface area contributed by atoms with Crippen LogP contribution in [0.4, 0.5) is 0 Å². The number of para-hydroxylation sites is 1. The average Bonchev–Trinajstić information content (AvgIpc) is 2.84. The number of benzene rings is 1. The van der Waals surface area contributed by atoms with Gasteiger partial charge in [0.05, 0.1) is 13.7 Å². The van der Waals surface area contributed by atoms with Crippen LogP contribution in [0.3, 0.4) is 0 Å². The molecular formula is C14H17NO4S. The smallest absolute Gasteiger partial charge is 0.246 e. The Bertz CT molecular complexity index is 691. The fourth-order valence-corrected chi connectivity index (χ4v) is 3.16. The van der Waals surface area contributed by atoms with Crippen molar-refractivity contribution in [3.63, 3.8) is 0 Å². The quantitative estimate of drug-likeness (QED) is 0.850. The van der Waals surface area contributed by atoms with E-state index >= 15 is 0 Å². The van der Waals surface area contributed by atoms with Crippen LogP contribution in [0.25, 0.3) is 0 Å². The lowest BCUT2D eigenvalue weighted by Gasteiger charge is -2.17. The van der Waals surface area contributed by atoms with Crippen molar-refractivity contribution in [2.24, 2.45) is 0 Å². The second kappa shape index (κ2) is 5.68. The molecule has 0 saturated carbocycles. The van der Waals surface area contributed by atoms with Gasteiger partial charge >= 0.3 is 0 Å². The fraction of sp³-hybridized carbons (Fsp3) is 0.286. The summed E-state index contributed by atoms with van der Waals surface area (Å²) < 4.78 is 36.8. The normalized spacial score (nSPS) is 11.8. The molecule has 6 heteroatoms. The van der Waals surface area contributed by atoms with Crippen LogP contribution in [-0.2, 0) is 16.6 Å². The Morgan fingerprint density at radius 3 is 2.50 bits per heavy atom. The summed E-state index contributed by atoms with van der Waals surface area (Å²) in [6, 6.07) is 10.1. The zero-order valence-electron chi connectivity index (χ0n) is 11.7. The van der Waals surface area contributed by atoms with Crippen molar-refractivity contribution in [3.8, 4) is 5.75 Å². The fourth-order valence-electron chi connectivity index (χ4n) is 1.87. The highest BCUT2D eigenvalue weighted by atomic mass is 32.2. The largest absolute Gasteiger partial charge is 0.495 e. The molecule has 5 nitrogen and oxygen atoms in total. The number of methoxy groups -OCH3 is 1. The summed E-state index contributed by atoms with van der Waals surface area (Å²) in [5, 5.41) is 0. The van der Waals surface area contributed by atoms with E-state index < -0.39 is 10.0 Å². The first-order chi connectivity index (χ1) is 9.45. The third-order valence-corrected chi connectivity index (χ3v) is 4.77. The van der Waals surface area contributed by atoms with Crippen molar-refractivity contribution >= 4 is 10.0 Å². The molecule has 0 fully saturated rings. The van der Waals surface area contributed by atoms with Gasteiger partial charge in [0.15, 0.2) is 0 Å². The van der Waals surface area contributed by atoms with Gasteiger partial charge in [0.1, 0.15) is 22.2 Å². The van der Waals surface area contributed by atoms with Crippen LogP contribution in [0.5, 0.6) is 5.75 Å². The first-order valence-electron chi connectivity index (χ1n) is 6.10. The van der Waals surface area contributed by atoms with E-state index in [2.05, 4.69) is 0 Å². The van der Waals surface area contributed by atoms with E-state index in [1.54, 1.807) is 30.3 Å². The van der Waals surface area contributed by atoms with Gasteiger partial charge in [-0.1, -0.05) is 12.1 Å². The van der Waals surface area contributed by atoms with Gasteiger partial charge in [-0.05, 0) is 31.2 Å². The average molecular weight is 295 g/mol. The lowest BCUT2D eigenvalue weighted by Crippen LogP contribution is -2.26. The molecule has 0 amide bonds. The minimum Gasteiger partial charge on any atom is -0.495 e. The molecule has 1 heterocycles. The molecule has 2 aromatic rings. The van der Waals surface area contributed by atoms with Crippen molar-refractivity contribution in [2.45, 2.75) is 18.4 Å². The van der Waals surface area contributed by atoms with Crippen LogP contribution < -0.4 is 4.74 Å². The topological polar surface area (TPSA) is 59.8 Å². The van der Waals surface area contributed by atoms with Crippen molar-refractivity contribution in [1.82, 2.24) is 4.31 Å². The van der Waals surface area contributed by atoms with E-state index in [0.717, 1.165) is 5.76 Å². The SMILES string of the molecule is COc1ccccc1S(=O)(=O)N(C)Cc1ccc(C)o1. The van der Waals surface area contributed by atoms with Crippen molar-refractivity contribution in [3.05, 3.63) is 47.9 Å². The lowest BCUT2D eigenvalue weighted by atomic mass is 10.3. The summed E-state index contributed by atoms with van der Waals surface area (Å²) in [7, 11) is -0.660. The molecule has 0 bridgehead atoms. The number of aryl methyl sites for hydroxylation is 1. The predicted molar refractivity (Wildman–Crippen MR) is 75.1 cm³/mol. The Hall–Kier alpha value is -1.79. The molecule has 0 aliphatic carbocycles. The maximum atomic E-state index is 12.5. The zero-order chi connectivity index (χ0) is 14.8.